The van der Waals surface area contributed by atoms with E-state index in [1.54, 1.807) is 0 Å². The molecule has 1 fully saturated rings. The van der Waals surface area contributed by atoms with Crippen LogP contribution in [0.1, 0.15) is 20.3 Å². The van der Waals surface area contributed by atoms with Crippen LogP contribution in [-0.2, 0) is 4.74 Å². The van der Waals surface area contributed by atoms with E-state index in [0.717, 1.165) is 6.42 Å². The Bertz CT molecular complexity index is 76.2. The van der Waals surface area contributed by atoms with Gasteiger partial charge in [-0.05, 0) is 20.3 Å². The number of hydrogen-bond acceptors (Lipinski definition) is 1. The van der Waals surface area contributed by atoms with Gasteiger partial charge in [0.15, 0.2) is 0 Å². The Labute approximate surface area is 44.7 Å². The molecule has 1 radical (unpaired) electrons. The Morgan fingerprint density at radius 3 is 2.29 bits per heavy atom. The van der Waals surface area contributed by atoms with Crippen LogP contribution < -0.4 is 0 Å². The van der Waals surface area contributed by atoms with E-state index in [2.05, 4.69) is 20.8 Å². The van der Waals surface area contributed by atoms with Gasteiger partial charge in [-0.15, -0.1) is 0 Å². The molecule has 1 aliphatic heterocycles. The van der Waals surface area contributed by atoms with Gasteiger partial charge >= 0.3 is 0 Å². The van der Waals surface area contributed by atoms with Crippen molar-refractivity contribution in [2.45, 2.75) is 32.0 Å². The van der Waals surface area contributed by atoms with Crippen LogP contribution in [-0.4, -0.2) is 11.7 Å². The van der Waals surface area contributed by atoms with Crippen LogP contribution in [0.5, 0.6) is 0 Å². The molecule has 0 spiro atoms. The van der Waals surface area contributed by atoms with Gasteiger partial charge in [0.25, 0.3) is 0 Å². The lowest BCUT2D eigenvalue weighted by molar-refractivity contribution is 0.309. The van der Waals surface area contributed by atoms with E-state index >= 15 is 0 Å². The van der Waals surface area contributed by atoms with Crippen molar-refractivity contribution in [3.05, 3.63) is 6.92 Å². The van der Waals surface area contributed by atoms with Crippen LogP contribution in [0.15, 0.2) is 0 Å². The first-order valence-corrected chi connectivity index (χ1v) is 2.70. The molecule has 41 valence electrons. The average Bonchev–Trinajstić information content (AvgIpc) is 2.18. The number of ether oxygens (including phenoxy) is 1. The third-order valence-electron chi connectivity index (χ3n) is 1.74. The van der Waals surface area contributed by atoms with Crippen molar-refractivity contribution in [3.63, 3.8) is 0 Å². The lowest BCUT2D eigenvalue weighted by Crippen LogP contribution is -2.04. The van der Waals surface area contributed by atoms with Crippen LogP contribution in [0.25, 0.3) is 0 Å². The van der Waals surface area contributed by atoms with Crippen molar-refractivity contribution in [1.29, 1.82) is 0 Å². The summed E-state index contributed by atoms with van der Waals surface area (Å²) in [5.74, 6) is 0. The molecule has 1 heteroatoms. The fourth-order valence-corrected chi connectivity index (χ4v) is 0.602. The van der Waals surface area contributed by atoms with E-state index in [0.29, 0.717) is 0 Å². The fraction of sp³-hybridized carbons (Fsp3) is 0.833. The van der Waals surface area contributed by atoms with Gasteiger partial charge in [-0.1, -0.05) is 6.92 Å². The molecule has 1 aliphatic rings. The molecular formula is C6H11O. The van der Waals surface area contributed by atoms with Crippen molar-refractivity contribution in [2.24, 2.45) is 0 Å². The summed E-state index contributed by atoms with van der Waals surface area (Å²) in [4.78, 5) is 0. The van der Waals surface area contributed by atoms with Crippen molar-refractivity contribution < 1.29 is 4.74 Å². The maximum Gasteiger partial charge on any atom is 0.0917 e. The Kier molecular flexibility index (Phi) is 0.890. The minimum atomic E-state index is 0.139. The van der Waals surface area contributed by atoms with E-state index in [1.165, 1.54) is 0 Å². The van der Waals surface area contributed by atoms with Gasteiger partial charge in [0, 0.05) is 0 Å². The molecule has 0 saturated carbocycles. The van der Waals surface area contributed by atoms with Gasteiger partial charge < -0.3 is 4.74 Å². The summed E-state index contributed by atoms with van der Waals surface area (Å²) in [5.41, 5.74) is 0.139. The molecule has 1 saturated heterocycles. The molecule has 0 aliphatic carbocycles. The molecule has 0 amide bonds. The van der Waals surface area contributed by atoms with E-state index in [1.807, 2.05) is 0 Å². The number of rotatable bonds is 1. The summed E-state index contributed by atoms with van der Waals surface area (Å²) < 4.78 is 5.14. The molecular weight excluding hydrogens is 88.1 g/mol. The molecule has 0 aromatic carbocycles. The van der Waals surface area contributed by atoms with Gasteiger partial charge in [0.2, 0.25) is 0 Å². The van der Waals surface area contributed by atoms with Crippen molar-refractivity contribution in [1.82, 2.24) is 0 Å². The van der Waals surface area contributed by atoms with E-state index in [4.69, 9.17) is 4.74 Å². The minimum Gasteiger partial charge on any atom is -0.366 e. The third kappa shape index (κ3) is 0.653. The molecule has 0 aromatic heterocycles. The van der Waals surface area contributed by atoms with Crippen LogP contribution in [0.4, 0.5) is 0 Å². The second-order valence-electron chi connectivity index (χ2n) is 2.27. The highest BCUT2D eigenvalue weighted by molar-refractivity contribution is 4.99. The predicted molar refractivity (Wildman–Crippen MR) is 28.9 cm³/mol. The minimum absolute atomic E-state index is 0.139. The summed E-state index contributed by atoms with van der Waals surface area (Å²) in [7, 11) is 0. The Hall–Kier alpha value is -0.0400. The van der Waals surface area contributed by atoms with Crippen LogP contribution in [0.2, 0.25) is 0 Å². The second kappa shape index (κ2) is 1.22. The second-order valence-corrected chi connectivity index (χ2v) is 2.27. The molecule has 1 heterocycles. The lowest BCUT2D eigenvalue weighted by Gasteiger charge is -1.94. The maximum absolute atomic E-state index is 5.14. The van der Waals surface area contributed by atoms with E-state index < -0.39 is 0 Å². The molecule has 1 nitrogen and oxygen atoms in total. The zero-order chi connectivity index (χ0) is 5.49. The normalized spacial score (nSPS) is 49.3. The highest BCUT2D eigenvalue weighted by Gasteiger charge is 2.46. The zero-order valence-electron chi connectivity index (χ0n) is 4.90. The molecule has 0 bridgehead atoms. The Morgan fingerprint density at radius 2 is 2.29 bits per heavy atom. The number of epoxide rings is 1. The fourth-order valence-electron chi connectivity index (χ4n) is 0.602. The van der Waals surface area contributed by atoms with E-state index in [-0.39, 0.29) is 11.7 Å². The van der Waals surface area contributed by atoms with E-state index in [9.17, 15) is 0 Å². The summed E-state index contributed by atoms with van der Waals surface area (Å²) in [5, 5.41) is 0. The summed E-state index contributed by atoms with van der Waals surface area (Å²) in [6.45, 7) is 7.96. The average molecular weight is 99.2 g/mol. The maximum atomic E-state index is 5.14. The SMILES string of the molecule is [CH2]C1OC1(C)CC. The predicted octanol–water partition coefficient (Wildman–Crippen LogP) is 1.39. The van der Waals surface area contributed by atoms with Gasteiger partial charge in [-0.3, -0.25) is 0 Å². The van der Waals surface area contributed by atoms with Crippen molar-refractivity contribution in [2.75, 3.05) is 0 Å². The van der Waals surface area contributed by atoms with Gasteiger partial charge in [0.1, 0.15) is 0 Å². The smallest absolute Gasteiger partial charge is 0.0917 e. The summed E-state index contributed by atoms with van der Waals surface area (Å²) in [6.07, 6.45) is 1.35. The summed E-state index contributed by atoms with van der Waals surface area (Å²) in [6, 6.07) is 0. The molecule has 7 heavy (non-hydrogen) atoms. The van der Waals surface area contributed by atoms with Crippen LogP contribution in [0, 0.1) is 6.92 Å². The molecule has 2 atom stereocenters. The first-order valence-electron chi connectivity index (χ1n) is 2.70. The van der Waals surface area contributed by atoms with Gasteiger partial charge in [-0.2, -0.15) is 0 Å². The van der Waals surface area contributed by atoms with Gasteiger partial charge in [0.05, 0.1) is 11.7 Å². The Morgan fingerprint density at radius 1 is 1.86 bits per heavy atom. The standard InChI is InChI=1S/C6H11O/c1-4-6(3)5(2)7-6/h5H,2,4H2,1,3H3. The van der Waals surface area contributed by atoms with Crippen LogP contribution in [0.3, 0.4) is 0 Å². The third-order valence-corrected chi connectivity index (χ3v) is 1.74. The molecule has 2 unspecified atom stereocenters. The largest absolute Gasteiger partial charge is 0.366 e. The lowest BCUT2D eigenvalue weighted by atomic mass is 10.1. The highest BCUT2D eigenvalue weighted by atomic mass is 16.6. The first-order chi connectivity index (χ1) is 3.19. The van der Waals surface area contributed by atoms with Crippen molar-refractivity contribution in [3.8, 4) is 0 Å². The van der Waals surface area contributed by atoms with Crippen molar-refractivity contribution >= 4 is 0 Å². The highest BCUT2D eigenvalue weighted by Crippen LogP contribution is 2.37. The molecule has 0 aromatic rings. The Balaban J connectivity index is 2.36. The number of hydrogen-bond donors (Lipinski definition) is 0. The zero-order valence-corrected chi connectivity index (χ0v) is 4.90. The quantitative estimate of drug-likeness (QED) is 0.452. The molecule has 0 N–H and O–H groups in total. The first kappa shape index (κ1) is 5.10. The molecule has 1 rings (SSSR count). The topological polar surface area (TPSA) is 12.5 Å². The van der Waals surface area contributed by atoms with Crippen LogP contribution >= 0.6 is 0 Å². The van der Waals surface area contributed by atoms with Gasteiger partial charge in [-0.25, -0.2) is 0 Å². The monoisotopic (exact) mass is 99.1 g/mol. The summed E-state index contributed by atoms with van der Waals surface area (Å²) >= 11 is 0.